The number of nitrogens with one attached hydrogen (secondary N) is 2. The third-order valence-electron chi connectivity index (χ3n) is 2.03. The fraction of sp³-hybridized carbons (Fsp3) is 0.750. The lowest BCUT2D eigenvalue weighted by molar-refractivity contribution is 0.629. The zero-order valence-electron chi connectivity index (χ0n) is 7.23. The molecule has 1 fully saturated rings. The number of halogens is 1. The quantitative estimate of drug-likeness (QED) is 0.369. The average molecular weight is 188 g/mol. The summed E-state index contributed by atoms with van der Waals surface area (Å²) >= 11 is 5.31. The Balaban J connectivity index is 2.34. The summed E-state index contributed by atoms with van der Waals surface area (Å²) in [4.78, 5) is 3.80. The third kappa shape index (κ3) is 3.22. The Kier molecular flexibility index (Phi) is 3.53. The smallest absolute Gasteiger partial charge is 0.216 e. The fourth-order valence-electron chi connectivity index (χ4n) is 1.55. The molecule has 2 N–H and O–H groups in total. The standard InChI is InChI=1S/C8H14ClN3/c1-6(12-8(9)10)11-7-4-2-3-5-7/h7H,2-5H2,1H3,(H2,10,11,12). The molecule has 1 saturated carbocycles. The van der Waals surface area contributed by atoms with Crippen LogP contribution in [0.1, 0.15) is 32.6 Å². The second kappa shape index (κ2) is 4.45. The highest BCUT2D eigenvalue weighted by Crippen LogP contribution is 2.17. The molecule has 0 unspecified atom stereocenters. The van der Waals surface area contributed by atoms with E-state index in [4.69, 9.17) is 17.0 Å². The molecule has 0 aliphatic heterocycles. The van der Waals surface area contributed by atoms with Crippen molar-refractivity contribution < 1.29 is 0 Å². The van der Waals surface area contributed by atoms with Crippen LogP contribution in [-0.4, -0.2) is 17.2 Å². The van der Waals surface area contributed by atoms with Crippen LogP contribution in [-0.2, 0) is 0 Å². The van der Waals surface area contributed by atoms with Crippen LogP contribution in [0.4, 0.5) is 0 Å². The van der Waals surface area contributed by atoms with Crippen molar-refractivity contribution in [3.8, 4) is 0 Å². The number of amidine groups is 2. The molecule has 0 aromatic carbocycles. The molecule has 12 heavy (non-hydrogen) atoms. The molecule has 0 aromatic heterocycles. The molecule has 0 saturated heterocycles. The van der Waals surface area contributed by atoms with E-state index < -0.39 is 0 Å². The molecule has 3 nitrogen and oxygen atoms in total. The highest BCUT2D eigenvalue weighted by Gasteiger charge is 2.14. The highest BCUT2D eigenvalue weighted by molar-refractivity contribution is 6.64. The minimum absolute atomic E-state index is 0.155. The minimum atomic E-state index is -0.155. The molecule has 1 rings (SSSR count). The van der Waals surface area contributed by atoms with E-state index in [-0.39, 0.29) is 5.29 Å². The van der Waals surface area contributed by atoms with Crippen LogP contribution in [0.3, 0.4) is 0 Å². The van der Waals surface area contributed by atoms with Gasteiger partial charge in [-0.3, -0.25) is 5.41 Å². The van der Waals surface area contributed by atoms with Crippen molar-refractivity contribution in [3.05, 3.63) is 0 Å². The number of nitrogens with zero attached hydrogens (tertiary/aromatic N) is 1. The average Bonchev–Trinajstić information content (AvgIpc) is 2.37. The first kappa shape index (κ1) is 9.52. The number of aliphatic imine (C=N–C) groups is 1. The summed E-state index contributed by atoms with van der Waals surface area (Å²) in [6.07, 6.45) is 5.01. The van der Waals surface area contributed by atoms with E-state index in [0.717, 1.165) is 5.84 Å². The number of rotatable bonds is 1. The van der Waals surface area contributed by atoms with Crippen LogP contribution in [0.25, 0.3) is 0 Å². The van der Waals surface area contributed by atoms with E-state index in [0.29, 0.717) is 6.04 Å². The molecular weight excluding hydrogens is 174 g/mol. The van der Waals surface area contributed by atoms with Crippen molar-refractivity contribution in [2.45, 2.75) is 38.6 Å². The second-order valence-electron chi connectivity index (χ2n) is 3.11. The topological polar surface area (TPSA) is 48.2 Å². The van der Waals surface area contributed by atoms with Crippen molar-refractivity contribution in [2.24, 2.45) is 4.99 Å². The van der Waals surface area contributed by atoms with E-state index in [1.807, 2.05) is 6.92 Å². The van der Waals surface area contributed by atoms with Gasteiger partial charge >= 0.3 is 0 Å². The molecule has 1 aliphatic rings. The molecular formula is C8H14ClN3. The van der Waals surface area contributed by atoms with E-state index in [1.54, 1.807) is 0 Å². The van der Waals surface area contributed by atoms with Gasteiger partial charge in [-0.2, -0.15) is 0 Å². The predicted molar refractivity (Wildman–Crippen MR) is 52.1 cm³/mol. The molecule has 0 bridgehead atoms. The Morgan fingerprint density at radius 2 is 2.08 bits per heavy atom. The van der Waals surface area contributed by atoms with Crippen LogP contribution in [0.5, 0.6) is 0 Å². The lowest BCUT2D eigenvalue weighted by atomic mass is 10.2. The first-order valence-electron chi connectivity index (χ1n) is 4.24. The van der Waals surface area contributed by atoms with Crippen molar-refractivity contribution in [3.63, 3.8) is 0 Å². The molecule has 0 heterocycles. The van der Waals surface area contributed by atoms with Crippen LogP contribution in [0, 0.1) is 5.41 Å². The van der Waals surface area contributed by atoms with E-state index in [9.17, 15) is 0 Å². The molecule has 0 radical (unpaired) electrons. The zero-order chi connectivity index (χ0) is 8.97. The number of hydrogen-bond donors (Lipinski definition) is 2. The number of hydrogen-bond acceptors (Lipinski definition) is 1. The van der Waals surface area contributed by atoms with Gasteiger partial charge in [0.05, 0.1) is 0 Å². The van der Waals surface area contributed by atoms with Crippen molar-refractivity contribution in [1.82, 2.24) is 5.32 Å². The molecule has 0 amide bonds. The first-order valence-corrected chi connectivity index (χ1v) is 4.62. The van der Waals surface area contributed by atoms with Gasteiger partial charge in [0, 0.05) is 6.04 Å². The molecule has 68 valence electrons. The maximum Gasteiger partial charge on any atom is 0.216 e. The van der Waals surface area contributed by atoms with Gasteiger partial charge in [-0.25, -0.2) is 4.99 Å². The Morgan fingerprint density at radius 3 is 2.58 bits per heavy atom. The predicted octanol–water partition coefficient (Wildman–Crippen LogP) is 2.11. The van der Waals surface area contributed by atoms with E-state index >= 15 is 0 Å². The van der Waals surface area contributed by atoms with Gasteiger partial charge in [0.1, 0.15) is 5.84 Å². The summed E-state index contributed by atoms with van der Waals surface area (Å²) in [5.41, 5.74) is 0. The lowest BCUT2D eigenvalue weighted by Crippen LogP contribution is -2.30. The largest absolute Gasteiger partial charge is 0.371 e. The summed E-state index contributed by atoms with van der Waals surface area (Å²) in [7, 11) is 0. The Labute approximate surface area is 77.7 Å². The maximum atomic E-state index is 6.94. The summed E-state index contributed by atoms with van der Waals surface area (Å²) in [6, 6.07) is 0.546. The van der Waals surface area contributed by atoms with Gasteiger partial charge in [-0.15, -0.1) is 0 Å². The minimum Gasteiger partial charge on any atom is -0.371 e. The van der Waals surface area contributed by atoms with Gasteiger partial charge in [0.25, 0.3) is 0 Å². The van der Waals surface area contributed by atoms with Crippen LogP contribution in [0.2, 0.25) is 0 Å². The van der Waals surface area contributed by atoms with Crippen LogP contribution in [0.15, 0.2) is 4.99 Å². The van der Waals surface area contributed by atoms with E-state index in [1.165, 1.54) is 25.7 Å². The summed E-state index contributed by atoms with van der Waals surface area (Å²) in [5, 5.41) is 10.0. The molecule has 4 heteroatoms. The Morgan fingerprint density at radius 1 is 1.50 bits per heavy atom. The second-order valence-corrected chi connectivity index (χ2v) is 3.47. The highest BCUT2D eigenvalue weighted by atomic mass is 35.5. The van der Waals surface area contributed by atoms with Crippen molar-refractivity contribution in [1.29, 1.82) is 5.41 Å². The van der Waals surface area contributed by atoms with Gasteiger partial charge in [0.15, 0.2) is 0 Å². The maximum absolute atomic E-state index is 6.94. The Hall–Kier alpha value is -0.570. The normalized spacial score (nSPS) is 19.7. The summed E-state index contributed by atoms with van der Waals surface area (Å²) < 4.78 is 0. The van der Waals surface area contributed by atoms with Crippen LogP contribution >= 0.6 is 11.6 Å². The lowest BCUT2D eigenvalue weighted by Gasteiger charge is -2.11. The van der Waals surface area contributed by atoms with E-state index in [2.05, 4.69) is 10.3 Å². The van der Waals surface area contributed by atoms with Crippen molar-refractivity contribution in [2.75, 3.05) is 0 Å². The summed E-state index contributed by atoms with van der Waals surface area (Å²) in [5.74, 6) is 0.752. The molecule has 0 aromatic rings. The SMILES string of the molecule is C/C(=N\C(=N)Cl)NC1CCCC1. The van der Waals surface area contributed by atoms with Crippen molar-refractivity contribution >= 4 is 22.7 Å². The van der Waals surface area contributed by atoms with Gasteiger partial charge in [-0.1, -0.05) is 12.8 Å². The van der Waals surface area contributed by atoms with Gasteiger partial charge in [-0.05, 0) is 31.4 Å². The molecule has 1 aliphatic carbocycles. The fourth-order valence-corrected chi connectivity index (χ4v) is 1.67. The van der Waals surface area contributed by atoms with Gasteiger partial charge in [0.2, 0.25) is 5.29 Å². The van der Waals surface area contributed by atoms with Gasteiger partial charge < -0.3 is 5.32 Å². The summed E-state index contributed by atoms with van der Waals surface area (Å²) in [6.45, 7) is 1.84. The molecule has 0 spiro atoms. The zero-order valence-corrected chi connectivity index (χ0v) is 7.99. The monoisotopic (exact) mass is 187 g/mol. The molecule has 0 atom stereocenters. The third-order valence-corrected chi connectivity index (χ3v) is 2.12. The Bertz CT molecular complexity index is 194. The van der Waals surface area contributed by atoms with Crippen LogP contribution < -0.4 is 5.32 Å². The first-order chi connectivity index (χ1) is 5.68.